The zero-order valence-electron chi connectivity index (χ0n) is 6.71. The van der Waals surface area contributed by atoms with Gasteiger partial charge in [-0.05, 0) is 12.8 Å². The summed E-state index contributed by atoms with van der Waals surface area (Å²) >= 11 is 0. The molecule has 0 bridgehead atoms. The highest BCUT2D eigenvalue weighted by molar-refractivity contribution is 5.54. The maximum Gasteiger partial charge on any atom is 0.125 e. The van der Waals surface area contributed by atoms with Crippen molar-refractivity contribution < 1.29 is 9.90 Å². The Labute approximate surface area is 62.2 Å². The Morgan fingerprint density at radius 3 is 2.40 bits per heavy atom. The molecule has 60 valence electrons. The summed E-state index contributed by atoms with van der Waals surface area (Å²) in [7, 11) is 0. The number of carbonyl (C=O) groups excluding carboxylic acids is 1. The van der Waals surface area contributed by atoms with Crippen molar-refractivity contribution in [3.05, 3.63) is 0 Å². The molecule has 10 heavy (non-hydrogen) atoms. The van der Waals surface area contributed by atoms with Crippen LogP contribution in [0.1, 0.15) is 33.1 Å². The molecule has 0 aromatic heterocycles. The largest absolute Gasteiger partial charge is 0.392 e. The quantitative estimate of drug-likeness (QED) is 0.592. The van der Waals surface area contributed by atoms with E-state index in [1.165, 1.54) is 0 Å². The molecule has 0 aliphatic rings. The lowest BCUT2D eigenvalue weighted by molar-refractivity contribution is -0.114. The molecule has 2 heteroatoms. The van der Waals surface area contributed by atoms with Gasteiger partial charge in [0.1, 0.15) is 6.29 Å². The van der Waals surface area contributed by atoms with E-state index in [4.69, 9.17) is 0 Å². The van der Waals surface area contributed by atoms with Crippen molar-refractivity contribution in [3.63, 3.8) is 0 Å². The third-order valence-electron chi connectivity index (χ3n) is 1.72. The molecular formula is C8H16O2. The monoisotopic (exact) mass is 144 g/mol. The smallest absolute Gasteiger partial charge is 0.125 e. The van der Waals surface area contributed by atoms with Gasteiger partial charge in [-0.15, -0.1) is 0 Å². The number of aliphatic hydroxyl groups excluding tert-OH is 1. The number of aldehydes is 1. The first-order chi connectivity index (χ1) is 4.76. The van der Waals surface area contributed by atoms with Crippen LogP contribution in [0, 0.1) is 5.92 Å². The van der Waals surface area contributed by atoms with Gasteiger partial charge in [0.25, 0.3) is 0 Å². The summed E-state index contributed by atoms with van der Waals surface area (Å²) in [5.74, 6) is -0.153. The van der Waals surface area contributed by atoms with Crippen LogP contribution in [0.3, 0.4) is 0 Å². The summed E-state index contributed by atoms with van der Waals surface area (Å²) in [5, 5.41) is 9.28. The summed E-state index contributed by atoms with van der Waals surface area (Å²) in [4.78, 5) is 10.3. The van der Waals surface area contributed by atoms with E-state index in [1.807, 2.05) is 13.8 Å². The SMILES string of the molecule is CCCC(O)C(C=O)CC. The van der Waals surface area contributed by atoms with Crippen molar-refractivity contribution in [2.45, 2.75) is 39.2 Å². The predicted octanol–water partition coefficient (Wildman–Crippen LogP) is 1.37. The zero-order chi connectivity index (χ0) is 7.98. The van der Waals surface area contributed by atoms with Gasteiger partial charge in [-0.2, -0.15) is 0 Å². The van der Waals surface area contributed by atoms with Gasteiger partial charge in [0, 0.05) is 5.92 Å². The fraction of sp³-hybridized carbons (Fsp3) is 0.875. The standard InChI is InChI=1S/C8H16O2/c1-3-5-8(10)7(4-2)6-9/h6-8,10H,3-5H2,1-2H3. The van der Waals surface area contributed by atoms with Crippen LogP contribution >= 0.6 is 0 Å². The fourth-order valence-corrected chi connectivity index (χ4v) is 0.969. The van der Waals surface area contributed by atoms with E-state index in [-0.39, 0.29) is 5.92 Å². The molecule has 2 atom stereocenters. The molecule has 2 nitrogen and oxygen atoms in total. The average molecular weight is 144 g/mol. The molecule has 0 heterocycles. The molecule has 0 fully saturated rings. The van der Waals surface area contributed by atoms with Crippen LogP contribution in [0.2, 0.25) is 0 Å². The van der Waals surface area contributed by atoms with Crippen molar-refractivity contribution in [1.29, 1.82) is 0 Å². The molecule has 0 rings (SSSR count). The van der Waals surface area contributed by atoms with E-state index in [2.05, 4.69) is 0 Å². The van der Waals surface area contributed by atoms with Gasteiger partial charge in [-0.1, -0.05) is 20.3 Å². The summed E-state index contributed by atoms with van der Waals surface area (Å²) in [6.07, 6.45) is 2.83. The van der Waals surface area contributed by atoms with E-state index in [9.17, 15) is 9.90 Å². The minimum atomic E-state index is -0.424. The highest BCUT2D eigenvalue weighted by atomic mass is 16.3. The summed E-state index contributed by atoms with van der Waals surface area (Å²) in [6.45, 7) is 3.92. The molecule has 0 radical (unpaired) electrons. The van der Waals surface area contributed by atoms with Gasteiger partial charge in [0.15, 0.2) is 0 Å². The first-order valence-corrected chi connectivity index (χ1v) is 3.89. The molecule has 0 aromatic rings. The zero-order valence-corrected chi connectivity index (χ0v) is 6.71. The van der Waals surface area contributed by atoms with Gasteiger partial charge >= 0.3 is 0 Å². The topological polar surface area (TPSA) is 37.3 Å². The minimum absolute atomic E-state index is 0.153. The summed E-state index contributed by atoms with van der Waals surface area (Å²) in [5.41, 5.74) is 0. The summed E-state index contributed by atoms with van der Waals surface area (Å²) in [6, 6.07) is 0. The molecular weight excluding hydrogens is 128 g/mol. The van der Waals surface area contributed by atoms with Gasteiger partial charge in [-0.3, -0.25) is 0 Å². The van der Waals surface area contributed by atoms with Gasteiger partial charge < -0.3 is 9.90 Å². The predicted molar refractivity (Wildman–Crippen MR) is 40.8 cm³/mol. The van der Waals surface area contributed by atoms with Crippen molar-refractivity contribution in [2.24, 2.45) is 5.92 Å². The van der Waals surface area contributed by atoms with Crippen LogP contribution in [0.4, 0.5) is 0 Å². The van der Waals surface area contributed by atoms with Gasteiger partial charge in [-0.25, -0.2) is 0 Å². The number of rotatable bonds is 5. The molecule has 1 N–H and O–H groups in total. The van der Waals surface area contributed by atoms with E-state index in [0.717, 1.165) is 25.5 Å². The van der Waals surface area contributed by atoms with E-state index >= 15 is 0 Å². The molecule has 0 aromatic carbocycles. The Morgan fingerprint density at radius 2 is 2.10 bits per heavy atom. The van der Waals surface area contributed by atoms with Crippen molar-refractivity contribution in [2.75, 3.05) is 0 Å². The number of hydrogen-bond donors (Lipinski definition) is 1. The second-order valence-electron chi connectivity index (χ2n) is 2.56. The van der Waals surface area contributed by atoms with Crippen LogP contribution in [-0.4, -0.2) is 17.5 Å². The highest BCUT2D eigenvalue weighted by Crippen LogP contribution is 2.10. The Morgan fingerprint density at radius 1 is 1.50 bits per heavy atom. The molecule has 0 amide bonds. The lowest BCUT2D eigenvalue weighted by atomic mass is 9.98. The average Bonchev–Trinajstić information content (AvgIpc) is 1.91. The second-order valence-corrected chi connectivity index (χ2v) is 2.56. The normalized spacial score (nSPS) is 16.3. The third-order valence-corrected chi connectivity index (χ3v) is 1.72. The van der Waals surface area contributed by atoms with Crippen molar-refractivity contribution >= 4 is 6.29 Å². The maximum atomic E-state index is 10.3. The van der Waals surface area contributed by atoms with Crippen LogP contribution in [0.5, 0.6) is 0 Å². The van der Waals surface area contributed by atoms with Gasteiger partial charge in [0.2, 0.25) is 0 Å². The van der Waals surface area contributed by atoms with Gasteiger partial charge in [0.05, 0.1) is 6.10 Å². The molecule has 0 aliphatic carbocycles. The fourth-order valence-electron chi connectivity index (χ4n) is 0.969. The lowest BCUT2D eigenvalue weighted by Crippen LogP contribution is -2.20. The first-order valence-electron chi connectivity index (χ1n) is 3.89. The van der Waals surface area contributed by atoms with E-state index in [0.29, 0.717) is 0 Å². The van der Waals surface area contributed by atoms with Crippen LogP contribution in [0.25, 0.3) is 0 Å². The van der Waals surface area contributed by atoms with Crippen LogP contribution in [-0.2, 0) is 4.79 Å². The molecule has 0 saturated heterocycles. The number of aliphatic hydroxyl groups is 1. The molecule has 0 aliphatic heterocycles. The Balaban J connectivity index is 3.63. The van der Waals surface area contributed by atoms with Crippen molar-refractivity contribution in [1.82, 2.24) is 0 Å². The number of carbonyl (C=O) groups is 1. The second kappa shape index (κ2) is 5.42. The number of hydrogen-bond acceptors (Lipinski definition) is 2. The van der Waals surface area contributed by atoms with Crippen molar-refractivity contribution in [3.8, 4) is 0 Å². The first kappa shape index (κ1) is 9.63. The Hall–Kier alpha value is -0.370. The molecule has 0 spiro atoms. The minimum Gasteiger partial charge on any atom is -0.392 e. The Kier molecular flexibility index (Phi) is 5.22. The van der Waals surface area contributed by atoms with Crippen LogP contribution in [0.15, 0.2) is 0 Å². The summed E-state index contributed by atoms with van der Waals surface area (Å²) < 4.78 is 0. The third kappa shape index (κ3) is 2.97. The molecule has 2 unspecified atom stereocenters. The highest BCUT2D eigenvalue weighted by Gasteiger charge is 2.14. The lowest BCUT2D eigenvalue weighted by Gasteiger charge is -2.13. The van der Waals surface area contributed by atoms with E-state index < -0.39 is 6.10 Å². The molecule has 0 saturated carbocycles. The maximum absolute atomic E-state index is 10.3. The van der Waals surface area contributed by atoms with Crippen LogP contribution < -0.4 is 0 Å². The van der Waals surface area contributed by atoms with E-state index in [1.54, 1.807) is 0 Å². The Bertz CT molecular complexity index is 91.3.